The largest absolute Gasteiger partial charge is 0.390 e. The zero-order valence-electron chi connectivity index (χ0n) is 15.6. The van der Waals surface area contributed by atoms with Gasteiger partial charge in [-0.15, -0.1) is 0 Å². The van der Waals surface area contributed by atoms with E-state index in [1.807, 2.05) is 26.0 Å². The maximum atomic E-state index is 13.2. The Bertz CT molecular complexity index is 791. The van der Waals surface area contributed by atoms with Gasteiger partial charge in [-0.1, -0.05) is 31.1 Å². The number of rotatable bonds is 7. The fraction of sp³-hybridized carbons (Fsp3) is 0.381. The fourth-order valence-corrected chi connectivity index (χ4v) is 3.02. The lowest BCUT2D eigenvalue weighted by Crippen LogP contribution is -2.37. The Morgan fingerprint density at radius 1 is 1.30 bits per heavy atom. The van der Waals surface area contributed by atoms with E-state index in [2.05, 4.69) is 10.1 Å². The highest BCUT2D eigenvalue weighted by atomic mass is 19.1. The Balaban J connectivity index is 1.66. The second kappa shape index (κ2) is 8.75. The molecule has 2 heterocycles. The highest BCUT2D eigenvalue weighted by Crippen LogP contribution is 2.19. The molecule has 1 aromatic carbocycles. The molecule has 5 nitrogen and oxygen atoms in total. The molecule has 1 unspecified atom stereocenters. The normalized spacial score (nSPS) is 16.1. The lowest BCUT2D eigenvalue weighted by molar-refractivity contribution is -0.134. The number of nitrogens with zero attached hydrogens (tertiary/aromatic N) is 3. The molecule has 0 saturated carbocycles. The molecule has 3 rings (SSSR count). The van der Waals surface area contributed by atoms with Gasteiger partial charge in [0.2, 0.25) is 5.91 Å². The fourth-order valence-electron chi connectivity index (χ4n) is 3.02. The summed E-state index contributed by atoms with van der Waals surface area (Å²) in [6.45, 7) is 4.90. The summed E-state index contributed by atoms with van der Waals surface area (Å²) in [6, 6.07) is 10.0. The zero-order valence-corrected chi connectivity index (χ0v) is 15.6. The summed E-state index contributed by atoms with van der Waals surface area (Å²) < 4.78 is 13.2. The Hall–Kier alpha value is -2.76. The monoisotopic (exact) mass is 369 g/mol. The van der Waals surface area contributed by atoms with E-state index in [1.54, 1.807) is 29.4 Å². The number of pyridine rings is 1. The second-order valence-electron chi connectivity index (χ2n) is 7.21. The molecule has 27 heavy (non-hydrogen) atoms. The molecule has 1 atom stereocenters. The van der Waals surface area contributed by atoms with Crippen LogP contribution in [-0.4, -0.2) is 34.2 Å². The molecule has 0 aliphatic carbocycles. The van der Waals surface area contributed by atoms with Crippen molar-refractivity contribution in [3.05, 3.63) is 65.7 Å². The van der Waals surface area contributed by atoms with Gasteiger partial charge >= 0.3 is 0 Å². The molecule has 0 saturated heterocycles. The Kier molecular flexibility index (Phi) is 6.16. The minimum atomic E-state index is -0.285. The Morgan fingerprint density at radius 2 is 2.07 bits per heavy atom. The van der Waals surface area contributed by atoms with Gasteiger partial charge in [0.1, 0.15) is 5.82 Å². The van der Waals surface area contributed by atoms with Crippen LogP contribution in [0.2, 0.25) is 0 Å². The van der Waals surface area contributed by atoms with E-state index in [0.717, 1.165) is 16.8 Å². The van der Waals surface area contributed by atoms with Crippen LogP contribution in [0, 0.1) is 11.7 Å². The summed E-state index contributed by atoms with van der Waals surface area (Å²) >= 11 is 0. The van der Waals surface area contributed by atoms with Gasteiger partial charge in [-0.25, -0.2) is 4.39 Å². The third-order valence-electron chi connectivity index (χ3n) is 4.37. The first kappa shape index (κ1) is 19.0. The van der Waals surface area contributed by atoms with Crippen LogP contribution in [0.15, 0.2) is 53.9 Å². The Labute approximate surface area is 158 Å². The van der Waals surface area contributed by atoms with E-state index in [9.17, 15) is 9.18 Å². The number of halogens is 1. The van der Waals surface area contributed by atoms with Gasteiger partial charge in [-0.2, -0.15) is 0 Å². The third kappa shape index (κ3) is 5.36. The molecule has 0 fully saturated rings. The summed E-state index contributed by atoms with van der Waals surface area (Å²) in [5.74, 6) is 0.0418. The number of amides is 1. The summed E-state index contributed by atoms with van der Waals surface area (Å²) in [5.41, 5.74) is 2.66. The number of hydrogen-bond acceptors (Lipinski definition) is 4. The van der Waals surface area contributed by atoms with E-state index >= 15 is 0 Å². The quantitative estimate of drug-likeness (QED) is 0.746. The number of oxime groups is 1. The van der Waals surface area contributed by atoms with Crippen molar-refractivity contribution in [1.82, 2.24) is 9.88 Å². The molecule has 1 aromatic heterocycles. The molecule has 0 radical (unpaired) electrons. The van der Waals surface area contributed by atoms with Gasteiger partial charge in [0.05, 0.1) is 12.3 Å². The third-order valence-corrected chi connectivity index (χ3v) is 4.37. The number of hydrogen-bond donors (Lipinski definition) is 0. The van der Waals surface area contributed by atoms with Crippen LogP contribution in [0.4, 0.5) is 4.39 Å². The SMILES string of the molecule is CC(C)CC(=O)N(Cc1ccc(F)cc1)CC1CC(c2cccnc2)=NO1. The highest BCUT2D eigenvalue weighted by Gasteiger charge is 2.27. The van der Waals surface area contributed by atoms with Crippen LogP contribution in [0.1, 0.15) is 37.8 Å². The average molecular weight is 369 g/mol. The second-order valence-corrected chi connectivity index (χ2v) is 7.21. The first-order valence-electron chi connectivity index (χ1n) is 9.16. The molecular weight excluding hydrogens is 345 g/mol. The van der Waals surface area contributed by atoms with Crippen molar-refractivity contribution in [1.29, 1.82) is 0 Å². The van der Waals surface area contributed by atoms with Crippen LogP contribution >= 0.6 is 0 Å². The maximum Gasteiger partial charge on any atom is 0.223 e. The number of aromatic nitrogens is 1. The van der Waals surface area contributed by atoms with E-state index in [1.165, 1.54) is 12.1 Å². The standard InChI is InChI=1S/C21H24FN3O2/c1-15(2)10-21(26)25(13-16-5-7-18(22)8-6-16)14-19-11-20(24-27-19)17-4-3-9-23-12-17/h3-9,12,15,19H,10-11,13-14H2,1-2H3. The lowest BCUT2D eigenvalue weighted by atomic mass is 10.1. The van der Waals surface area contributed by atoms with Crippen molar-refractivity contribution in [3.8, 4) is 0 Å². The minimum absolute atomic E-state index is 0.0627. The van der Waals surface area contributed by atoms with Gasteiger partial charge < -0.3 is 9.74 Å². The predicted molar refractivity (Wildman–Crippen MR) is 102 cm³/mol. The van der Waals surface area contributed by atoms with Gasteiger partial charge in [0.15, 0.2) is 6.10 Å². The van der Waals surface area contributed by atoms with Gasteiger partial charge in [0, 0.05) is 37.3 Å². The molecule has 1 aliphatic rings. The van der Waals surface area contributed by atoms with E-state index in [4.69, 9.17) is 4.84 Å². The maximum absolute atomic E-state index is 13.2. The predicted octanol–water partition coefficient (Wildman–Crippen LogP) is 3.79. The van der Waals surface area contributed by atoms with Crippen molar-refractivity contribution < 1.29 is 14.0 Å². The van der Waals surface area contributed by atoms with E-state index in [0.29, 0.717) is 25.9 Å². The summed E-state index contributed by atoms with van der Waals surface area (Å²) in [4.78, 5) is 24.2. The summed E-state index contributed by atoms with van der Waals surface area (Å²) in [6.07, 6.45) is 4.36. The molecule has 1 amide bonds. The first-order chi connectivity index (χ1) is 13.0. The van der Waals surface area contributed by atoms with Crippen molar-refractivity contribution in [3.63, 3.8) is 0 Å². The van der Waals surface area contributed by atoms with E-state index < -0.39 is 0 Å². The summed E-state index contributed by atoms with van der Waals surface area (Å²) in [7, 11) is 0. The highest BCUT2D eigenvalue weighted by molar-refractivity contribution is 6.01. The van der Waals surface area contributed by atoms with Crippen molar-refractivity contribution in [2.45, 2.75) is 39.3 Å². The van der Waals surface area contributed by atoms with Gasteiger partial charge in [0.25, 0.3) is 0 Å². The van der Waals surface area contributed by atoms with Gasteiger partial charge in [-0.05, 0) is 35.7 Å². The minimum Gasteiger partial charge on any atom is -0.390 e. The number of carbonyl (C=O) groups excluding carboxylic acids is 1. The zero-order chi connectivity index (χ0) is 19.2. The van der Waals surface area contributed by atoms with Crippen LogP contribution < -0.4 is 0 Å². The van der Waals surface area contributed by atoms with Gasteiger partial charge in [-0.3, -0.25) is 9.78 Å². The van der Waals surface area contributed by atoms with E-state index in [-0.39, 0.29) is 23.7 Å². The molecule has 6 heteroatoms. The molecule has 2 aromatic rings. The van der Waals surface area contributed by atoms with Crippen LogP contribution in [0.3, 0.4) is 0 Å². The molecule has 0 N–H and O–H groups in total. The molecule has 0 spiro atoms. The van der Waals surface area contributed by atoms with Crippen molar-refractivity contribution >= 4 is 11.6 Å². The molecule has 1 aliphatic heterocycles. The topological polar surface area (TPSA) is 54.8 Å². The smallest absolute Gasteiger partial charge is 0.223 e. The van der Waals surface area contributed by atoms with Crippen molar-refractivity contribution in [2.24, 2.45) is 11.1 Å². The Morgan fingerprint density at radius 3 is 2.74 bits per heavy atom. The molecule has 0 bridgehead atoms. The first-order valence-corrected chi connectivity index (χ1v) is 9.16. The molecular formula is C21H24FN3O2. The molecule has 142 valence electrons. The van der Waals surface area contributed by atoms with Crippen molar-refractivity contribution in [2.75, 3.05) is 6.54 Å². The summed E-state index contributed by atoms with van der Waals surface area (Å²) in [5, 5.41) is 4.17. The van der Waals surface area contributed by atoms with Crippen LogP contribution in [0.25, 0.3) is 0 Å². The number of benzene rings is 1. The lowest BCUT2D eigenvalue weighted by Gasteiger charge is -2.26. The average Bonchev–Trinajstić information content (AvgIpc) is 3.12. The number of carbonyl (C=O) groups is 1. The van der Waals surface area contributed by atoms with Crippen LogP contribution in [0.5, 0.6) is 0 Å². The van der Waals surface area contributed by atoms with Crippen LogP contribution in [-0.2, 0) is 16.2 Å².